The van der Waals surface area contributed by atoms with Gasteiger partial charge in [0.25, 0.3) is 5.56 Å². The summed E-state index contributed by atoms with van der Waals surface area (Å²) >= 11 is 1.62. The topological polar surface area (TPSA) is 34.9 Å². The summed E-state index contributed by atoms with van der Waals surface area (Å²) in [4.78, 5) is 19.5. The zero-order valence-electron chi connectivity index (χ0n) is 14.1. The first-order chi connectivity index (χ1) is 11.0. The standard InChI is InChI=1S/C19H22N2OS/c1-5-16-10-17-18(23-16)20-13(4)21(19(17)22)11-14-6-8-15(9-7-14)12(2)3/h6-10,12H,5,11H2,1-4H3. The molecule has 1 aromatic carbocycles. The van der Waals surface area contributed by atoms with Gasteiger partial charge in [0.15, 0.2) is 0 Å². The van der Waals surface area contributed by atoms with Gasteiger partial charge in [0.2, 0.25) is 0 Å². The lowest BCUT2D eigenvalue weighted by atomic mass is 10.0. The van der Waals surface area contributed by atoms with E-state index in [2.05, 4.69) is 50.0 Å². The number of hydrogen-bond donors (Lipinski definition) is 0. The molecule has 0 aliphatic carbocycles. The highest BCUT2D eigenvalue weighted by atomic mass is 32.1. The maximum Gasteiger partial charge on any atom is 0.262 e. The predicted molar refractivity (Wildman–Crippen MR) is 97.6 cm³/mol. The van der Waals surface area contributed by atoms with Crippen LogP contribution in [0.15, 0.2) is 35.1 Å². The Hall–Kier alpha value is -1.94. The van der Waals surface area contributed by atoms with E-state index in [4.69, 9.17) is 0 Å². The number of nitrogens with zero attached hydrogens (tertiary/aromatic N) is 2. The van der Waals surface area contributed by atoms with E-state index in [1.165, 1.54) is 10.4 Å². The summed E-state index contributed by atoms with van der Waals surface area (Å²) in [7, 11) is 0. The molecule has 3 rings (SSSR count). The van der Waals surface area contributed by atoms with Gasteiger partial charge >= 0.3 is 0 Å². The van der Waals surface area contributed by atoms with Crippen molar-refractivity contribution < 1.29 is 0 Å². The van der Waals surface area contributed by atoms with Gasteiger partial charge in [0, 0.05) is 4.88 Å². The van der Waals surface area contributed by atoms with Crippen molar-refractivity contribution in [1.82, 2.24) is 9.55 Å². The molecule has 2 heterocycles. The molecule has 0 saturated heterocycles. The highest BCUT2D eigenvalue weighted by molar-refractivity contribution is 7.18. The molecule has 2 aromatic heterocycles. The molecule has 0 atom stereocenters. The van der Waals surface area contributed by atoms with Crippen LogP contribution in [0.5, 0.6) is 0 Å². The molecule has 3 nitrogen and oxygen atoms in total. The summed E-state index contributed by atoms with van der Waals surface area (Å²) in [5, 5.41) is 0.747. The number of thiophene rings is 1. The van der Waals surface area contributed by atoms with Gasteiger partial charge < -0.3 is 0 Å². The molecule has 0 saturated carbocycles. The van der Waals surface area contributed by atoms with Crippen LogP contribution < -0.4 is 5.56 Å². The maximum absolute atomic E-state index is 12.8. The van der Waals surface area contributed by atoms with E-state index in [0.717, 1.165) is 28.0 Å². The summed E-state index contributed by atoms with van der Waals surface area (Å²) in [6.45, 7) is 8.96. The Morgan fingerprint density at radius 3 is 2.52 bits per heavy atom. The van der Waals surface area contributed by atoms with Crippen LogP contribution in [0.2, 0.25) is 0 Å². The van der Waals surface area contributed by atoms with Gasteiger partial charge in [-0.25, -0.2) is 4.98 Å². The van der Waals surface area contributed by atoms with E-state index in [0.29, 0.717) is 12.5 Å². The van der Waals surface area contributed by atoms with Crippen LogP contribution in [0.3, 0.4) is 0 Å². The number of fused-ring (bicyclic) bond motifs is 1. The van der Waals surface area contributed by atoms with Crippen LogP contribution in [0, 0.1) is 6.92 Å². The zero-order chi connectivity index (χ0) is 16.6. The zero-order valence-corrected chi connectivity index (χ0v) is 14.9. The normalized spacial score (nSPS) is 11.5. The second-order valence-corrected chi connectivity index (χ2v) is 7.35. The number of hydrogen-bond acceptors (Lipinski definition) is 3. The molecule has 0 bridgehead atoms. The maximum atomic E-state index is 12.8. The van der Waals surface area contributed by atoms with Crippen LogP contribution in [0.1, 0.15) is 48.5 Å². The predicted octanol–water partition coefficient (Wildman–Crippen LogP) is 4.50. The number of aryl methyl sites for hydroxylation is 2. The van der Waals surface area contributed by atoms with E-state index in [1.54, 1.807) is 15.9 Å². The lowest BCUT2D eigenvalue weighted by Gasteiger charge is -2.11. The van der Waals surface area contributed by atoms with Crippen molar-refractivity contribution in [3.05, 3.63) is 62.5 Å². The number of rotatable bonds is 4. The summed E-state index contributed by atoms with van der Waals surface area (Å²) < 4.78 is 1.78. The molecular weight excluding hydrogens is 304 g/mol. The Morgan fingerprint density at radius 1 is 1.22 bits per heavy atom. The molecular formula is C19H22N2OS. The van der Waals surface area contributed by atoms with Gasteiger partial charge in [-0.2, -0.15) is 0 Å². The minimum atomic E-state index is 0.0661. The molecule has 120 valence electrons. The fraction of sp³-hybridized carbons (Fsp3) is 0.368. The van der Waals surface area contributed by atoms with Crippen molar-refractivity contribution in [2.24, 2.45) is 0 Å². The third-order valence-corrected chi connectivity index (χ3v) is 5.40. The summed E-state index contributed by atoms with van der Waals surface area (Å²) in [5.74, 6) is 1.30. The van der Waals surface area contributed by atoms with E-state index >= 15 is 0 Å². The average molecular weight is 326 g/mol. The van der Waals surface area contributed by atoms with Gasteiger partial charge in [-0.05, 0) is 36.5 Å². The van der Waals surface area contributed by atoms with Crippen molar-refractivity contribution in [2.75, 3.05) is 0 Å². The Bertz CT molecular complexity index is 888. The smallest absolute Gasteiger partial charge is 0.262 e. The van der Waals surface area contributed by atoms with E-state index < -0.39 is 0 Å². The molecule has 0 radical (unpaired) electrons. The Labute approximate surface area is 140 Å². The lowest BCUT2D eigenvalue weighted by molar-refractivity contribution is 0.713. The van der Waals surface area contributed by atoms with Crippen molar-refractivity contribution in [2.45, 2.75) is 46.6 Å². The lowest BCUT2D eigenvalue weighted by Crippen LogP contribution is -2.23. The molecule has 0 spiro atoms. The Kier molecular flexibility index (Phi) is 4.35. The summed E-state index contributed by atoms with van der Waals surface area (Å²) in [6, 6.07) is 10.5. The van der Waals surface area contributed by atoms with E-state index in [-0.39, 0.29) is 5.56 Å². The van der Waals surface area contributed by atoms with Crippen LogP contribution in [0.4, 0.5) is 0 Å². The van der Waals surface area contributed by atoms with E-state index in [9.17, 15) is 4.79 Å². The van der Waals surface area contributed by atoms with Gasteiger partial charge in [0.05, 0.1) is 11.9 Å². The third kappa shape index (κ3) is 3.08. The van der Waals surface area contributed by atoms with Crippen molar-refractivity contribution in [3.63, 3.8) is 0 Å². The molecule has 0 amide bonds. The fourth-order valence-corrected chi connectivity index (χ4v) is 3.72. The minimum absolute atomic E-state index is 0.0661. The molecule has 23 heavy (non-hydrogen) atoms. The third-order valence-electron chi connectivity index (χ3n) is 4.23. The molecule has 0 fully saturated rings. The molecule has 0 unspecified atom stereocenters. The minimum Gasteiger partial charge on any atom is -0.292 e. The Morgan fingerprint density at radius 2 is 1.91 bits per heavy atom. The molecule has 4 heteroatoms. The van der Waals surface area contributed by atoms with Crippen LogP contribution in [-0.4, -0.2) is 9.55 Å². The van der Waals surface area contributed by atoms with Crippen molar-refractivity contribution in [3.8, 4) is 0 Å². The second-order valence-electron chi connectivity index (χ2n) is 6.23. The molecule has 0 aliphatic heterocycles. The Balaban J connectivity index is 2.00. The molecule has 0 N–H and O–H groups in total. The number of benzene rings is 1. The summed E-state index contributed by atoms with van der Waals surface area (Å²) in [5.41, 5.74) is 2.51. The highest BCUT2D eigenvalue weighted by Crippen LogP contribution is 2.22. The van der Waals surface area contributed by atoms with Gasteiger partial charge in [-0.3, -0.25) is 9.36 Å². The average Bonchev–Trinajstić information content (AvgIpc) is 2.95. The van der Waals surface area contributed by atoms with Crippen LogP contribution in [0.25, 0.3) is 10.2 Å². The molecule has 0 aliphatic rings. The monoisotopic (exact) mass is 326 g/mol. The van der Waals surface area contributed by atoms with Crippen LogP contribution >= 0.6 is 11.3 Å². The van der Waals surface area contributed by atoms with Gasteiger partial charge in [-0.1, -0.05) is 45.0 Å². The van der Waals surface area contributed by atoms with E-state index in [1.807, 2.05) is 13.0 Å². The highest BCUT2D eigenvalue weighted by Gasteiger charge is 2.12. The van der Waals surface area contributed by atoms with Crippen LogP contribution in [-0.2, 0) is 13.0 Å². The van der Waals surface area contributed by atoms with Crippen molar-refractivity contribution in [1.29, 1.82) is 0 Å². The first-order valence-electron chi connectivity index (χ1n) is 8.08. The summed E-state index contributed by atoms with van der Waals surface area (Å²) in [6.07, 6.45) is 0.941. The first kappa shape index (κ1) is 15.9. The van der Waals surface area contributed by atoms with Gasteiger partial charge in [0.1, 0.15) is 10.7 Å². The molecule has 3 aromatic rings. The quantitative estimate of drug-likeness (QED) is 0.707. The fourth-order valence-electron chi connectivity index (χ4n) is 2.72. The largest absolute Gasteiger partial charge is 0.292 e. The second kappa shape index (κ2) is 6.28. The SMILES string of the molecule is CCc1cc2c(=O)n(Cc3ccc(C(C)C)cc3)c(C)nc2s1. The number of aromatic nitrogens is 2. The van der Waals surface area contributed by atoms with Gasteiger partial charge in [-0.15, -0.1) is 11.3 Å². The van der Waals surface area contributed by atoms with Crippen molar-refractivity contribution >= 4 is 21.6 Å². The first-order valence-corrected chi connectivity index (χ1v) is 8.90.